The van der Waals surface area contributed by atoms with E-state index in [0.717, 1.165) is 11.3 Å². The Bertz CT molecular complexity index is 428. The molecule has 1 heterocycles. The molecule has 7 heteroatoms. The van der Waals surface area contributed by atoms with Gasteiger partial charge in [-0.05, 0) is 18.4 Å². The number of nitrogens with zero attached hydrogens (tertiary/aromatic N) is 1. The number of nitriles is 1. The first-order valence-corrected chi connectivity index (χ1v) is 5.62. The van der Waals surface area contributed by atoms with E-state index in [2.05, 4.69) is 10.1 Å². The lowest BCUT2D eigenvalue weighted by Gasteiger charge is -2.10. The Labute approximate surface area is 101 Å². The zero-order valence-corrected chi connectivity index (χ0v) is 9.76. The van der Waals surface area contributed by atoms with Crippen LogP contribution in [0.25, 0.3) is 0 Å². The number of carbonyl (C=O) groups is 1. The molecule has 4 nitrogen and oxygen atoms in total. The maximum Gasteiger partial charge on any atom is 0.387 e. The van der Waals surface area contributed by atoms with Gasteiger partial charge in [0.2, 0.25) is 0 Å². The number of hydrogen-bond donors (Lipinski definition) is 1. The number of alkyl halides is 2. The molecule has 0 aliphatic heterocycles. The minimum absolute atomic E-state index is 0.0788. The second-order valence-electron chi connectivity index (χ2n) is 3.23. The normalized spacial score (nSPS) is 11.9. The fourth-order valence-electron chi connectivity index (χ4n) is 1.13. The molecule has 0 bridgehead atoms. The molecule has 92 valence electrons. The first-order chi connectivity index (χ1) is 8.04. The van der Waals surface area contributed by atoms with Gasteiger partial charge in [-0.2, -0.15) is 14.0 Å². The highest BCUT2D eigenvalue weighted by molar-refractivity contribution is 7.12. The highest BCUT2D eigenvalue weighted by atomic mass is 32.1. The summed E-state index contributed by atoms with van der Waals surface area (Å²) in [5.74, 6) is -0.662. The van der Waals surface area contributed by atoms with Gasteiger partial charge in [0, 0.05) is 6.04 Å². The van der Waals surface area contributed by atoms with Gasteiger partial charge in [0.15, 0.2) is 0 Å². The van der Waals surface area contributed by atoms with Crippen LogP contribution in [0.1, 0.15) is 23.0 Å². The number of rotatable bonds is 5. The van der Waals surface area contributed by atoms with Crippen molar-refractivity contribution in [1.29, 1.82) is 5.26 Å². The molecule has 0 saturated heterocycles. The van der Waals surface area contributed by atoms with Gasteiger partial charge in [-0.1, -0.05) is 0 Å². The van der Waals surface area contributed by atoms with Crippen LogP contribution >= 0.6 is 11.3 Å². The van der Waals surface area contributed by atoms with Gasteiger partial charge < -0.3 is 10.1 Å². The van der Waals surface area contributed by atoms with Crippen LogP contribution in [0.4, 0.5) is 8.78 Å². The molecule has 1 amide bonds. The van der Waals surface area contributed by atoms with Crippen molar-refractivity contribution in [2.24, 2.45) is 0 Å². The van der Waals surface area contributed by atoms with Crippen LogP contribution < -0.4 is 10.1 Å². The van der Waals surface area contributed by atoms with E-state index in [1.165, 1.54) is 11.4 Å². The van der Waals surface area contributed by atoms with Crippen LogP contribution in [0.5, 0.6) is 5.75 Å². The lowest BCUT2D eigenvalue weighted by atomic mass is 10.2. The number of thiophene rings is 1. The summed E-state index contributed by atoms with van der Waals surface area (Å²) in [4.78, 5) is 11.7. The van der Waals surface area contributed by atoms with E-state index < -0.39 is 12.5 Å². The first kappa shape index (κ1) is 13.4. The van der Waals surface area contributed by atoms with Crippen molar-refractivity contribution >= 4 is 17.2 Å². The molecule has 0 aliphatic rings. The fourth-order valence-corrected chi connectivity index (χ4v) is 1.86. The minimum atomic E-state index is -2.97. The number of amides is 1. The Morgan fingerprint density at radius 3 is 3.00 bits per heavy atom. The van der Waals surface area contributed by atoms with Crippen molar-refractivity contribution in [2.45, 2.75) is 26.0 Å². The van der Waals surface area contributed by atoms with E-state index in [1.54, 1.807) is 6.92 Å². The fraction of sp³-hybridized carbons (Fsp3) is 0.400. The van der Waals surface area contributed by atoms with Crippen LogP contribution in [0.15, 0.2) is 11.4 Å². The Morgan fingerprint density at radius 2 is 2.41 bits per heavy atom. The second-order valence-corrected chi connectivity index (χ2v) is 4.15. The van der Waals surface area contributed by atoms with Crippen LogP contribution in [0, 0.1) is 11.3 Å². The number of hydrogen-bond acceptors (Lipinski definition) is 4. The van der Waals surface area contributed by atoms with E-state index in [-0.39, 0.29) is 23.1 Å². The van der Waals surface area contributed by atoms with E-state index in [0.29, 0.717) is 0 Å². The number of ether oxygens (including phenoxy) is 1. The third kappa shape index (κ3) is 4.00. The van der Waals surface area contributed by atoms with Gasteiger partial charge in [-0.15, -0.1) is 11.3 Å². The highest BCUT2D eigenvalue weighted by Crippen LogP contribution is 2.26. The first-order valence-electron chi connectivity index (χ1n) is 4.74. The van der Waals surface area contributed by atoms with Crippen molar-refractivity contribution < 1.29 is 18.3 Å². The molecule has 1 rings (SSSR count). The smallest absolute Gasteiger partial charge is 0.387 e. The molecule has 17 heavy (non-hydrogen) atoms. The molecule has 1 aromatic heterocycles. The molecule has 0 radical (unpaired) electrons. The van der Waals surface area contributed by atoms with Gasteiger partial charge in [0.05, 0.1) is 12.5 Å². The number of nitrogens with one attached hydrogen (secondary N) is 1. The van der Waals surface area contributed by atoms with Crippen LogP contribution in [-0.2, 0) is 0 Å². The Morgan fingerprint density at radius 1 is 1.71 bits per heavy atom. The summed E-state index contributed by atoms with van der Waals surface area (Å²) in [5.41, 5.74) is 0. The SMILES string of the molecule is C[C@@H](CC#N)NC(=O)c1sccc1OC(F)F. The predicted octanol–water partition coefficient (Wildman–Crippen LogP) is 2.38. The summed E-state index contributed by atoms with van der Waals surface area (Å²) in [5, 5.41) is 12.4. The molecule has 0 aromatic carbocycles. The van der Waals surface area contributed by atoms with Crippen molar-refractivity contribution in [2.75, 3.05) is 0 Å². The lowest BCUT2D eigenvalue weighted by Crippen LogP contribution is -2.32. The van der Waals surface area contributed by atoms with Gasteiger partial charge in [-0.3, -0.25) is 4.79 Å². The van der Waals surface area contributed by atoms with Crippen molar-refractivity contribution in [3.63, 3.8) is 0 Å². The van der Waals surface area contributed by atoms with Gasteiger partial charge in [0.25, 0.3) is 5.91 Å². The zero-order valence-electron chi connectivity index (χ0n) is 8.94. The maximum atomic E-state index is 12.0. The number of carbonyl (C=O) groups excluding carboxylic acids is 1. The van der Waals surface area contributed by atoms with Gasteiger partial charge in [-0.25, -0.2) is 0 Å². The van der Waals surface area contributed by atoms with Crippen molar-refractivity contribution in [3.05, 3.63) is 16.3 Å². The summed E-state index contributed by atoms with van der Waals surface area (Å²) in [6, 6.07) is 2.87. The minimum Gasteiger partial charge on any atom is -0.433 e. The summed E-state index contributed by atoms with van der Waals surface area (Å²) in [7, 11) is 0. The lowest BCUT2D eigenvalue weighted by molar-refractivity contribution is -0.0498. The largest absolute Gasteiger partial charge is 0.433 e. The second kappa shape index (κ2) is 6.15. The Kier molecular flexibility index (Phi) is 4.84. The zero-order chi connectivity index (χ0) is 12.8. The summed E-state index contributed by atoms with van der Waals surface area (Å²) < 4.78 is 28.3. The van der Waals surface area contributed by atoms with Crippen LogP contribution in [0.2, 0.25) is 0 Å². The van der Waals surface area contributed by atoms with E-state index in [4.69, 9.17) is 5.26 Å². The van der Waals surface area contributed by atoms with Crippen molar-refractivity contribution in [3.8, 4) is 11.8 Å². The predicted molar refractivity (Wildman–Crippen MR) is 58.1 cm³/mol. The molecule has 0 fully saturated rings. The van der Waals surface area contributed by atoms with E-state index in [9.17, 15) is 13.6 Å². The maximum absolute atomic E-state index is 12.0. The Hall–Kier alpha value is -1.68. The average molecular weight is 260 g/mol. The molecule has 1 aromatic rings. The molecule has 1 atom stereocenters. The third-order valence-electron chi connectivity index (χ3n) is 1.83. The quantitative estimate of drug-likeness (QED) is 0.884. The average Bonchev–Trinajstić information content (AvgIpc) is 2.65. The standard InChI is InChI=1S/C10H10F2N2O2S/c1-6(2-4-13)14-9(15)8-7(3-5-17-8)16-10(11)12/h3,5-6,10H,2H2,1H3,(H,14,15)/t6-/m0/s1. The number of halogens is 2. The highest BCUT2D eigenvalue weighted by Gasteiger charge is 2.18. The topological polar surface area (TPSA) is 62.1 Å². The molecule has 0 unspecified atom stereocenters. The molecular formula is C10H10F2N2O2S. The Balaban J connectivity index is 2.69. The van der Waals surface area contributed by atoms with Gasteiger partial charge >= 0.3 is 6.61 Å². The van der Waals surface area contributed by atoms with Crippen LogP contribution in [-0.4, -0.2) is 18.6 Å². The molecule has 0 spiro atoms. The van der Waals surface area contributed by atoms with Crippen molar-refractivity contribution in [1.82, 2.24) is 5.32 Å². The molecule has 0 saturated carbocycles. The molecular weight excluding hydrogens is 250 g/mol. The van der Waals surface area contributed by atoms with Crippen LogP contribution in [0.3, 0.4) is 0 Å². The summed E-state index contributed by atoms with van der Waals surface area (Å²) >= 11 is 1.01. The monoisotopic (exact) mass is 260 g/mol. The third-order valence-corrected chi connectivity index (χ3v) is 2.72. The molecule has 1 N–H and O–H groups in total. The van der Waals surface area contributed by atoms with E-state index in [1.807, 2.05) is 6.07 Å². The van der Waals surface area contributed by atoms with Gasteiger partial charge in [0.1, 0.15) is 10.6 Å². The summed E-state index contributed by atoms with van der Waals surface area (Å²) in [6.45, 7) is -1.31. The van der Waals surface area contributed by atoms with E-state index >= 15 is 0 Å². The summed E-state index contributed by atoms with van der Waals surface area (Å²) in [6.07, 6.45) is 0.155. The molecule has 0 aliphatic carbocycles.